The Hall–Kier alpha value is -3.16. The van der Waals surface area contributed by atoms with Crippen molar-refractivity contribution in [1.82, 2.24) is 10.3 Å². The Morgan fingerprint density at radius 2 is 1.96 bits per heavy atom. The minimum absolute atomic E-state index is 0.0579. The van der Waals surface area contributed by atoms with E-state index >= 15 is 0 Å². The topological polar surface area (TPSA) is 108 Å². The molecule has 0 aliphatic carbocycles. The molecule has 8 nitrogen and oxygen atoms in total. The molecule has 1 fully saturated rings. The molecule has 1 aliphatic heterocycles. The van der Waals surface area contributed by atoms with E-state index in [9.17, 15) is 19.7 Å². The van der Waals surface area contributed by atoms with Crippen LogP contribution in [0.2, 0.25) is 0 Å². The number of nitrogens with one attached hydrogen (secondary N) is 2. The van der Waals surface area contributed by atoms with Crippen molar-refractivity contribution >= 4 is 17.3 Å². The van der Waals surface area contributed by atoms with Crippen LogP contribution in [0.4, 0.5) is 11.4 Å². The lowest BCUT2D eigenvalue weighted by atomic mass is 10.1. The fourth-order valence-electron chi connectivity index (χ4n) is 3.42. The first-order chi connectivity index (χ1) is 12.9. The first-order valence-electron chi connectivity index (χ1n) is 8.88. The minimum atomic E-state index is -0.515. The number of anilines is 1. The summed E-state index contributed by atoms with van der Waals surface area (Å²) in [6, 6.07) is 6.18. The molecule has 8 heteroatoms. The lowest BCUT2D eigenvalue weighted by molar-refractivity contribution is -0.384. The maximum absolute atomic E-state index is 12.8. The molecule has 2 N–H and O–H groups in total. The predicted molar refractivity (Wildman–Crippen MR) is 102 cm³/mol. The third-order valence-electron chi connectivity index (χ3n) is 4.80. The molecule has 0 spiro atoms. The number of carbonyl (C=O) groups is 1. The molecular weight excluding hydrogens is 348 g/mol. The first-order valence-corrected chi connectivity index (χ1v) is 8.88. The van der Waals surface area contributed by atoms with Gasteiger partial charge in [-0.05, 0) is 44.4 Å². The summed E-state index contributed by atoms with van der Waals surface area (Å²) in [7, 11) is 0. The number of H-pyrrole nitrogens is 1. The van der Waals surface area contributed by atoms with Gasteiger partial charge in [0, 0.05) is 43.0 Å². The molecule has 1 amide bonds. The van der Waals surface area contributed by atoms with Gasteiger partial charge < -0.3 is 15.2 Å². The third kappa shape index (κ3) is 3.99. The number of nitro groups is 1. The van der Waals surface area contributed by atoms with E-state index in [1.807, 2.05) is 13.0 Å². The molecule has 1 aliphatic rings. The average Bonchev–Trinajstić information content (AvgIpc) is 3.14. The van der Waals surface area contributed by atoms with Crippen LogP contribution in [0.3, 0.4) is 0 Å². The Balaban J connectivity index is 1.88. The Morgan fingerprint density at radius 3 is 2.59 bits per heavy atom. The van der Waals surface area contributed by atoms with Gasteiger partial charge >= 0.3 is 0 Å². The highest BCUT2D eigenvalue weighted by Gasteiger charge is 2.22. The molecule has 0 radical (unpaired) electrons. The monoisotopic (exact) mass is 370 g/mol. The van der Waals surface area contributed by atoms with Crippen LogP contribution in [-0.2, 0) is 6.54 Å². The highest BCUT2D eigenvalue weighted by Crippen LogP contribution is 2.28. The second-order valence-corrected chi connectivity index (χ2v) is 6.78. The molecule has 0 saturated carbocycles. The number of non-ortho nitro benzene ring substituents is 1. The standard InChI is InChI=1S/C19H22N4O4/c1-12-9-13(2)21-19(25)16(12)11-20-18(24)15-10-14(23(26)27)5-6-17(15)22-7-3-4-8-22/h5-6,9-10H,3-4,7-8,11H2,1-2H3,(H,20,24)(H,21,25). The molecule has 0 atom stereocenters. The van der Waals surface area contributed by atoms with E-state index in [1.165, 1.54) is 12.1 Å². The van der Waals surface area contributed by atoms with Crippen LogP contribution in [0, 0.1) is 24.0 Å². The molecular formula is C19H22N4O4. The number of pyridine rings is 1. The van der Waals surface area contributed by atoms with Crippen LogP contribution < -0.4 is 15.8 Å². The molecule has 27 heavy (non-hydrogen) atoms. The van der Waals surface area contributed by atoms with E-state index in [-0.39, 0.29) is 23.4 Å². The summed E-state index contributed by atoms with van der Waals surface area (Å²) in [6.45, 7) is 5.29. The first kappa shape index (κ1) is 18.6. The fraction of sp³-hybridized carbons (Fsp3) is 0.368. The molecule has 1 saturated heterocycles. The van der Waals surface area contributed by atoms with Crippen LogP contribution >= 0.6 is 0 Å². The Labute approximate surface area is 156 Å². The number of amides is 1. The SMILES string of the molecule is Cc1cc(C)c(CNC(=O)c2cc([N+](=O)[O-])ccc2N2CCCC2)c(=O)[nH]1. The second kappa shape index (κ2) is 7.61. The van der Waals surface area contributed by atoms with Gasteiger partial charge in [-0.1, -0.05) is 0 Å². The van der Waals surface area contributed by atoms with Gasteiger partial charge in [0.1, 0.15) is 0 Å². The highest BCUT2D eigenvalue weighted by molar-refractivity contribution is 6.00. The van der Waals surface area contributed by atoms with Crippen molar-refractivity contribution < 1.29 is 9.72 Å². The number of hydrogen-bond donors (Lipinski definition) is 2. The average molecular weight is 370 g/mol. The molecule has 3 rings (SSSR count). The third-order valence-corrected chi connectivity index (χ3v) is 4.80. The number of nitro benzene ring substituents is 1. The molecule has 0 unspecified atom stereocenters. The van der Waals surface area contributed by atoms with E-state index in [1.54, 1.807) is 13.0 Å². The lowest BCUT2D eigenvalue weighted by Gasteiger charge is -2.21. The maximum Gasteiger partial charge on any atom is 0.270 e. The number of hydrogen-bond acceptors (Lipinski definition) is 5. The van der Waals surface area contributed by atoms with E-state index in [0.29, 0.717) is 11.3 Å². The van der Waals surface area contributed by atoms with Gasteiger partial charge in [0.05, 0.1) is 16.2 Å². The zero-order valence-corrected chi connectivity index (χ0v) is 15.4. The fourth-order valence-corrected chi connectivity index (χ4v) is 3.42. The van der Waals surface area contributed by atoms with E-state index < -0.39 is 10.8 Å². The van der Waals surface area contributed by atoms with Gasteiger partial charge in [-0.25, -0.2) is 0 Å². The smallest absolute Gasteiger partial charge is 0.270 e. The van der Waals surface area contributed by atoms with Gasteiger partial charge in [-0.3, -0.25) is 19.7 Å². The number of nitrogens with zero attached hydrogens (tertiary/aromatic N) is 2. The number of benzene rings is 1. The van der Waals surface area contributed by atoms with E-state index in [0.717, 1.165) is 37.2 Å². The van der Waals surface area contributed by atoms with Gasteiger partial charge in [-0.2, -0.15) is 0 Å². The van der Waals surface area contributed by atoms with Crippen LogP contribution in [0.1, 0.15) is 40.0 Å². The molecule has 1 aromatic carbocycles. The van der Waals surface area contributed by atoms with Gasteiger partial charge in [0.25, 0.3) is 17.2 Å². The summed E-state index contributed by atoms with van der Waals surface area (Å²) < 4.78 is 0. The van der Waals surface area contributed by atoms with Crippen molar-refractivity contribution in [3.8, 4) is 0 Å². The second-order valence-electron chi connectivity index (χ2n) is 6.78. The van der Waals surface area contributed by atoms with Crippen molar-refractivity contribution in [3.05, 3.63) is 67.1 Å². The zero-order valence-electron chi connectivity index (χ0n) is 15.4. The molecule has 1 aromatic heterocycles. The highest BCUT2D eigenvalue weighted by atomic mass is 16.6. The summed E-state index contributed by atoms with van der Waals surface area (Å²) in [5, 5.41) is 13.9. The zero-order chi connectivity index (χ0) is 19.6. The largest absolute Gasteiger partial charge is 0.371 e. The van der Waals surface area contributed by atoms with Gasteiger partial charge in [0.2, 0.25) is 0 Å². The van der Waals surface area contributed by atoms with Crippen LogP contribution in [0.25, 0.3) is 0 Å². The summed E-state index contributed by atoms with van der Waals surface area (Å²) in [5.74, 6) is -0.431. The van der Waals surface area contributed by atoms with Crippen LogP contribution in [0.5, 0.6) is 0 Å². The maximum atomic E-state index is 12.8. The molecule has 142 valence electrons. The minimum Gasteiger partial charge on any atom is -0.371 e. The number of carbonyl (C=O) groups excluding carboxylic acids is 1. The Bertz CT molecular complexity index is 945. The van der Waals surface area contributed by atoms with Crippen LogP contribution in [-0.4, -0.2) is 28.9 Å². The van der Waals surface area contributed by atoms with Gasteiger partial charge in [0.15, 0.2) is 0 Å². The summed E-state index contributed by atoms with van der Waals surface area (Å²) in [5.41, 5.74) is 2.58. The molecule has 2 heterocycles. The quantitative estimate of drug-likeness (QED) is 0.621. The number of aromatic amines is 1. The lowest BCUT2D eigenvalue weighted by Crippen LogP contribution is -2.30. The Morgan fingerprint density at radius 1 is 1.26 bits per heavy atom. The van der Waals surface area contributed by atoms with E-state index in [2.05, 4.69) is 15.2 Å². The van der Waals surface area contributed by atoms with Crippen LogP contribution in [0.15, 0.2) is 29.1 Å². The summed E-state index contributed by atoms with van der Waals surface area (Å²) in [4.78, 5) is 40.3. The normalized spacial score (nSPS) is 13.6. The Kier molecular flexibility index (Phi) is 5.25. The number of rotatable bonds is 5. The predicted octanol–water partition coefficient (Wildman–Crippen LogP) is 2.43. The number of aryl methyl sites for hydroxylation is 2. The van der Waals surface area contributed by atoms with Crippen molar-refractivity contribution in [1.29, 1.82) is 0 Å². The summed E-state index contributed by atoms with van der Waals surface area (Å²) in [6.07, 6.45) is 2.05. The van der Waals surface area contributed by atoms with Crippen molar-refractivity contribution in [2.45, 2.75) is 33.2 Å². The number of aromatic nitrogens is 1. The van der Waals surface area contributed by atoms with Gasteiger partial charge in [-0.15, -0.1) is 0 Å². The summed E-state index contributed by atoms with van der Waals surface area (Å²) >= 11 is 0. The molecule has 2 aromatic rings. The van der Waals surface area contributed by atoms with Crippen molar-refractivity contribution in [3.63, 3.8) is 0 Å². The molecule has 0 bridgehead atoms. The van der Waals surface area contributed by atoms with Crippen molar-refractivity contribution in [2.75, 3.05) is 18.0 Å². The van der Waals surface area contributed by atoms with Crippen molar-refractivity contribution in [2.24, 2.45) is 0 Å². The van der Waals surface area contributed by atoms with E-state index in [4.69, 9.17) is 0 Å².